The number of aromatic nitrogens is 1. The van der Waals surface area contributed by atoms with Crippen molar-refractivity contribution in [3.05, 3.63) is 62.9 Å². The van der Waals surface area contributed by atoms with E-state index in [0.717, 1.165) is 21.3 Å². The number of aromatic amines is 1. The molecule has 0 aliphatic heterocycles. The van der Waals surface area contributed by atoms with Crippen LogP contribution >= 0.6 is 15.9 Å². The second-order valence-corrected chi connectivity index (χ2v) is 7.21. The molecule has 0 fully saturated rings. The van der Waals surface area contributed by atoms with Gasteiger partial charge in [0.25, 0.3) is 0 Å². The van der Waals surface area contributed by atoms with E-state index in [1.165, 1.54) is 22.9 Å². The molecule has 24 heavy (non-hydrogen) atoms. The first-order valence-corrected chi connectivity index (χ1v) is 9.66. The van der Waals surface area contributed by atoms with Crippen molar-refractivity contribution in [2.75, 3.05) is 6.61 Å². The molecule has 0 amide bonds. The Hall–Kier alpha value is -1.65. The normalized spacial score (nSPS) is 11.0. The van der Waals surface area contributed by atoms with Gasteiger partial charge in [-0.25, -0.2) is 0 Å². The molecule has 3 nitrogen and oxygen atoms in total. The maximum atomic E-state index is 14.1. The van der Waals surface area contributed by atoms with Crippen molar-refractivity contribution in [2.24, 2.45) is 0 Å². The monoisotopic (exact) mass is 455 g/mol. The Balaban J connectivity index is 2.34. The number of pyridine rings is 1. The van der Waals surface area contributed by atoms with E-state index in [-0.39, 0.29) is 10.8 Å². The molecule has 0 aliphatic carbocycles. The number of H-pyrrole nitrogens is 1. The average molecular weight is 456 g/mol. The van der Waals surface area contributed by atoms with Crippen LogP contribution in [0.1, 0.15) is 0 Å². The molecule has 0 spiro atoms. The standard InChI is InChI=1S/C17H13AsBrF2NO2/c18-7-8-24-16-11-5-6-12(20)14(21)13(11)17(23)22-15(16)9-1-3-10(19)4-2-9/h1-6H,7-8,18H2,(H,22,23). The summed E-state index contributed by atoms with van der Waals surface area (Å²) in [4.78, 5) is 14.9. The van der Waals surface area contributed by atoms with Crippen molar-refractivity contribution in [1.29, 1.82) is 0 Å². The van der Waals surface area contributed by atoms with Gasteiger partial charge in [0.2, 0.25) is 0 Å². The van der Waals surface area contributed by atoms with E-state index in [0.29, 0.717) is 18.1 Å². The first kappa shape index (κ1) is 17.2. The molecule has 0 saturated carbocycles. The van der Waals surface area contributed by atoms with Crippen molar-refractivity contribution in [3.8, 4) is 17.0 Å². The number of nitrogens with one attached hydrogen (secondary N) is 1. The van der Waals surface area contributed by atoms with Crippen molar-refractivity contribution < 1.29 is 13.5 Å². The predicted octanol–water partition coefficient (Wildman–Crippen LogP) is 3.67. The third kappa shape index (κ3) is 3.13. The fraction of sp³-hybridized carbons (Fsp3) is 0.118. The molecular weight excluding hydrogens is 443 g/mol. The van der Waals surface area contributed by atoms with Gasteiger partial charge in [-0.15, -0.1) is 0 Å². The molecule has 1 unspecified atom stereocenters. The van der Waals surface area contributed by atoms with Gasteiger partial charge in [-0.3, -0.25) is 0 Å². The van der Waals surface area contributed by atoms with E-state index in [9.17, 15) is 13.6 Å². The first-order valence-electron chi connectivity index (χ1n) is 7.15. The Morgan fingerprint density at radius 2 is 1.83 bits per heavy atom. The number of fused-ring (bicyclic) bond motifs is 1. The van der Waals surface area contributed by atoms with Crippen LogP contribution in [0.15, 0.2) is 45.7 Å². The quantitative estimate of drug-likeness (QED) is 0.610. The average Bonchev–Trinajstić information content (AvgIpc) is 2.57. The predicted molar refractivity (Wildman–Crippen MR) is 96.5 cm³/mol. The molecule has 124 valence electrons. The fourth-order valence-electron chi connectivity index (χ4n) is 2.46. The Morgan fingerprint density at radius 1 is 1.12 bits per heavy atom. The molecule has 3 aromatic rings. The number of ether oxygens (including phenoxy) is 1. The van der Waals surface area contributed by atoms with Crippen LogP contribution in [0.3, 0.4) is 0 Å². The summed E-state index contributed by atoms with van der Waals surface area (Å²) in [6.07, 6.45) is 0. The third-order valence-electron chi connectivity index (χ3n) is 3.53. The van der Waals surface area contributed by atoms with Gasteiger partial charge >= 0.3 is 154 Å². The van der Waals surface area contributed by atoms with E-state index in [2.05, 4.69) is 20.9 Å². The number of hydrogen-bond donors (Lipinski definition) is 1. The summed E-state index contributed by atoms with van der Waals surface area (Å²) in [5, 5.41) is 0.737. The van der Waals surface area contributed by atoms with E-state index >= 15 is 0 Å². The van der Waals surface area contributed by atoms with E-state index in [1.807, 2.05) is 24.3 Å². The van der Waals surface area contributed by atoms with Gasteiger partial charge in [-0.05, 0) is 0 Å². The van der Waals surface area contributed by atoms with Crippen LogP contribution in [0.5, 0.6) is 5.75 Å². The first-order chi connectivity index (χ1) is 11.5. The van der Waals surface area contributed by atoms with Crippen LogP contribution in [0.4, 0.5) is 8.78 Å². The van der Waals surface area contributed by atoms with E-state index < -0.39 is 17.2 Å². The summed E-state index contributed by atoms with van der Waals surface area (Å²) >= 11 is 4.85. The van der Waals surface area contributed by atoms with E-state index in [1.54, 1.807) is 0 Å². The van der Waals surface area contributed by atoms with Crippen molar-refractivity contribution in [3.63, 3.8) is 0 Å². The minimum atomic E-state index is -1.17. The summed E-state index contributed by atoms with van der Waals surface area (Å²) in [7, 11) is 0. The summed E-state index contributed by atoms with van der Waals surface area (Å²) in [5.41, 5.74) is 0.485. The molecule has 1 heterocycles. The van der Waals surface area contributed by atoms with Crippen LogP contribution in [0, 0.1) is 11.6 Å². The third-order valence-corrected chi connectivity index (χ3v) is 4.55. The topological polar surface area (TPSA) is 42.1 Å². The van der Waals surface area contributed by atoms with Gasteiger partial charge in [-0.2, -0.15) is 0 Å². The zero-order valence-corrected chi connectivity index (χ0v) is 16.4. The Morgan fingerprint density at radius 3 is 2.50 bits per heavy atom. The molecule has 1 atom stereocenters. The Labute approximate surface area is 153 Å². The summed E-state index contributed by atoms with van der Waals surface area (Å²) in [6.45, 7) is 0.420. The van der Waals surface area contributed by atoms with Gasteiger partial charge in [-0.1, -0.05) is 0 Å². The summed E-state index contributed by atoms with van der Waals surface area (Å²) in [5.74, 6) is -1.88. The molecule has 1 aromatic heterocycles. The molecule has 0 saturated heterocycles. The maximum absolute atomic E-state index is 14.1. The van der Waals surface area contributed by atoms with Gasteiger partial charge < -0.3 is 0 Å². The van der Waals surface area contributed by atoms with Crippen LogP contribution in [-0.2, 0) is 0 Å². The zero-order chi connectivity index (χ0) is 17.3. The van der Waals surface area contributed by atoms with Gasteiger partial charge in [0.15, 0.2) is 0 Å². The summed E-state index contributed by atoms with van der Waals surface area (Å²) < 4.78 is 34.3. The molecule has 0 aliphatic rings. The molecule has 0 radical (unpaired) electrons. The SMILES string of the molecule is O=c1[nH]c(-c2ccc(Br)cc2)c(OCC[AsH2])c2ccc(F)c(F)c12. The molecule has 7 heteroatoms. The molecule has 2 aromatic carbocycles. The number of hydrogen-bond acceptors (Lipinski definition) is 2. The second-order valence-electron chi connectivity index (χ2n) is 5.09. The Kier molecular flexibility index (Phi) is 5.06. The van der Waals surface area contributed by atoms with Crippen molar-refractivity contribution in [2.45, 2.75) is 5.21 Å². The number of benzene rings is 2. The molecule has 0 bridgehead atoms. The van der Waals surface area contributed by atoms with Crippen LogP contribution in [0.2, 0.25) is 5.21 Å². The fourth-order valence-corrected chi connectivity index (χ4v) is 2.97. The van der Waals surface area contributed by atoms with Crippen molar-refractivity contribution >= 4 is 43.6 Å². The molecule has 1 N–H and O–H groups in total. The van der Waals surface area contributed by atoms with Crippen LogP contribution in [-0.4, -0.2) is 28.4 Å². The minimum absolute atomic E-state index is 0.261. The molecule has 3 rings (SSSR count). The second kappa shape index (κ2) is 7.07. The summed E-state index contributed by atoms with van der Waals surface area (Å²) in [6, 6.07) is 9.66. The van der Waals surface area contributed by atoms with Crippen LogP contribution < -0.4 is 10.3 Å². The number of halogens is 3. The van der Waals surface area contributed by atoms with Gasteiger partial charge in [0.05, 0.1) is 0 Å². The van der Waals surface area contributed by atoms with E-state index in [4.69, 9.17) is 4.74 Å². The van der Waals surface area contributed by atoms with Gasteiger partial charge in [0.1, 0.15) is 0 Å². The van der Waals surface area contributed by atoms with Gasteiger partial charge in [0, 0.05) is 0 Å². The molecular formula is C17H13AsBrF2NO2. The van der Waals surface area contributed by atoms with Crippen molar-refractivity contribution in [1.82, 2.24) is 4.98 Å². The Bertz CT molecular complexity index is 957. The number of rotatable bonds is 4. The van der Waals surface area contributed by atoms with Crippen LogP contribution in [0.25, 0.3) is 22.0 Å². The zero-order valence-electron chi connectivity index (χ0n) is 12.4.